The summed E-state index contributed by atoms with van der Waals surface area (Å²) in [5.74, 6) is -0.384. The molecule has 0 aliphatic carbocycles. The van der Waals surface area contributed by atoms with Crippen LogP contribution in [0.5, 0.6) is 5.75 Å². The molecule has 0 bridgehead atoms. The van der Waals surface area contributed by atoms with E-state index in [9.17, 15) is 18.3 Å². The maximum atomic E-state index is 13.8. The van der Waals surface area contributed by atoms with Gasteiger partial charge >= 0.3 is 5.97 Å². The molecule has 34 heavy (non-hydrogen) atoms. The molecular weight excluding hydrogens is 472 g/mol. The lowest BCUT2D eigenvalue weighted by molar-refractivity contribution is 0.0595. The molecule has 0 unspecified atom stereocenters. The van der Waals surface area contributed by atoms with Crippen LogP contribution < -0.4 is 0 Å². The van der Waals surface area contributed by atoms with Gasteiger partial charge in [-0.1, -0.05) is 36.4 Å². The molecule has 5 rings (SSSR count). The van der Waals surface area contributed by atoms with E-state index in [-0.39, 0.29) is 15.5 Å². The van der Waals surface area contributed by atoms with Gasteiger partial charge in [-0.15, -0.1) is 11.3 Å². The third kappa shape index (κ3) is 4.24. The standard InChI is InChI=1S/C25H26N2O5S2/c1-32-24(29)23-21-10-11-26(14-17-5-4-8-20(28)13-17)16-22(21)33-25(23)34(30,31)27-12-9-18-6-2-3-7-19(18)15-27/h2-8,13,28H,9-12,14-16H2,1H3. The minimum absolute atomic E-state index is 0.0861. The smallest absolute Gasteiger partial charge is 0.340 e. The molecule has 1 N–H and O–H groups in total. The van der Waals surface area contributed by atoms with Gasteiger partial charge in [0.1, 0.15) is 9.96 Å². The fourth-order valence-corrected chi connectivity index (χ4v) is 8.25. The lowest BCUT2D eigenvalue weighted by atomic mass is 10.0. The zero-order chi connectivity index (χ0) is 23.9. The van der Waals surface area contributed by atoms with E-state index in [1.165, 1.54) is 22.8 Å². The second-order valence-electron chi connectivity index (χ2n) is 8.65. The number of fused-ring (bicyclic) bond motifs is 2. The van der Waals surface area contributed by atoms with E-state index in [1.807, 2.05) is 36.4 Å². The SMILES string of the molecule is COC(=O)c1c(S(=O)(=O)N2CCc3ccccc3C2)sc2c1CCN(Cc1cccc(O)c1)C2. The molecule has 1 aromatic heterocycles. The van der Waals surface area contributed by atoms with E-state index < -0.39 is 16.0 Å². The summed E-state index contributed by atoms with van der Waals surface area (Å²) in [6, 6.07) is 15.0. The number of aromatic hydroxyl groups is 1. The van der Waals surface area contributed by atoms with Gasteiger partial charge in [-0.25, -0.2) is 13.2 Å². The van der Waals surface area contributed by atoms with E-state index in [2.05, 4.69) is 4.90 Å². The monoisotopic (exact) mass is 498 g/mol. The fraction of sp³-hybridized carbons (Fsp3) is 0.320. The van der Waals surface area contributed by atoms with Crippen molar-refractivity contribution in [2.75, 3.05) is 20.2 Å². The number of phenols is 1. The van der Waals surface area contributed by atoms with Gasteiger partial charge in [-0.2, -0.15) is 4.31 Å². The third-order valence-electron chi connectivity index (χ3n) is 6.48. The summed E-state index contributed by atoms with van der Waals surface area (Å²) in [5, 5.41) is 9.76. The van der Waals surface area contributed by atoms with Crippen LogP contribution in [0.1, 0.15) is 37.5 Å². The van der Waals surface area contributed by atoms with Crippen molar-refractivity contribution in [1.82, 2.24) is 9.21 Å². The molecule has 178 valence electrons. The van der Waals surface area contributed by atoms with Crippen molar-refractivity contribution < 1.29 is 23.1 Å². The number of carbonyl (C=O) groups is 1. The van der Waals surface area contributed by atoms with Crippen LogP contribution in [-0.2, 0) is 47.2 Å². The van der Waals surface area contributed by atoms with Gasteiger partial charge < -0.3 is 9.84 Å². The molecule has 2 aromatic carbocycles. The molecule has 7 nitrogen and oxygen atoms in total. The number of nitrogens with zero attached hydrogens (tertiary/aromatic N) is 2. The molecule has 9 heteroatoms. The van der Waals surface area contributed by atoms with Crippen LogP contribution in [-0.4, -0.2) is 48.9 Å². The lowest BCUT2D eigenvalue weighted by Gasteiger charge is -2.28. The van der Waals surface area contributed by atoms with E-state index in [4.69, 9.17) is 4.74 Å². The quantitative estimate of drug-likeness (QED) is 0.542. The Morgan fingerprint density at radius 1 is 1.06 bits per heavy atom. The highest BCUT2D eigenvalue weighted by Gasteiger charge is 2.38. The van der Waals surface area contributed by atoms with Crippen molar-refractivity contribution in [2.45, 2.75) is 36.7 Å². The van der Waals surface area contributed by atoms with E-state index in [1.54, 1.807) is 12.1 Å². The first-order valence-electron chi connectivity index (χ1n) is 11.2. The molecule has 0 spiro atoms. The number of benzene rings is 2. The van der Waals surface area contributed by atoms with Crippen LogP contribution >= 0.6 is 11.3 Å². The summed E-state index contributed by atoms with van der Waals surface area (Å²) >= 11 is 1.18. The number of phenolic OH excluding ortho intramolecular Hbond substituents is 1. The Labute approximate surface area is 203 Å². The van der Waals surface area contributed by atoms with Gasteiger partial charge in [-0.3, -0.25) is 4.90 Å². The van der Waals surface area contributed by atoms with E-state index >= 15 is 0 Å². The number of hydrogen-bond donors (Lipinski definition) is 1. The second kappa shape index (κ2) is 9.14. The summed E-state index contributed by atoms with van der Waals surface area (Å²) in [5.41, 5.74) is 4.11. The van der Waals surface area contributed by atoms with Crippen LogP contribution in [0.3, 0.4) is 0 Å². The number of ether oxygens (including phenoxy) is 1. The van der Waals surface area contributed by atoms with Gasteiger partial charge in [-0.05, 0) is 47.2 Å². The molecular formula is C25H26N2O5S2. The summed E-state index contributed by atoms with van der Waals surface area (Å²) in [6.45, 7) is 2.53. The van der Waals surface area contributed by atoms with Gasteiger partial charge in [0, 0.05) is 37.6 Å². The minimum Gasteiger partial charge on any atom is -0.508 e. The van der Waals surface area contributed by atoms with Crippen LogP contribution in [0.25, 0.3) is 0 Å². The molecule has 2 aliphatic heterocycles. The Morgan fingerprint density at radius 2 is 1.85 bits per heavy atom. The van der Waals surface area contributed by atoms with E-state index in [0.717, 1.165) is 27.1 Å². The maximum Gasteiger partial charge on any atom is 0.340 e. The lowest BCUT2D eigenvalue weighted by Crippen LogP contribution is -2.36. The van der Waals surface area contributed by atoms with Crippen molar-refractivity contribution in [3.8, 4) is 5.75 Å². The van der Waals surface area contributed by atoms with E-state index in [0.29, 0.717) is 45.6 Å². The minimum atomic E-state index is -3.87. The topological polar surface area (TPSA) is 87.2 Å². The summed E-state index contributed by atoms with van der Waals surface area (Å²) in [6.07, 6.45) is 1.21. The van der Waals surface area contributed by atoms with Gasteiger partial charge in [0.2, 0.25) is 0 Å². The number of esters is 1. The molecule has 0 saturated heterocycles. The molecule has 3 aromatic rings. The van der Waals surface area contributed by atoms with Crippen LogP contribution in [0.2, 0.25) is 0 Å². The Balaban J connectivity index is 1.46. The fourth-order valence-electron chi connectivity index (χ4n) is 4.76. The zero-order valence-corrected chi connectivity index (χ0v) is 20.5. The van der Waals surface area contributed by atoms with Crippen LogP contribution in [0, 0.1) is 0 Å². The number of rotatable bonds is 5. The average molecular weight is 499 g/mol. The van der Waals surface area contributed by atoms with Crippen molar-refractivity contribution in [3.05, 3.63) is 81.2 Å². The van der Waals surface area contributed by atoms with Crippen molar-refractivity contribution in [1.29, 1.82) is 0 Å². The molecule has 0 fully saturated rings. The average Bonchev–Trinajstić information content (AvgIpc) is 3.23. The summed E-state index contributed by atoms with van der Waals surface area (Å²) < 4.78 is 34.1. The maximum absolute atomic E-state index is 13.8. The van der Waals surface area contributed by atoms with Crippen molar-refractivity contribution in [2.24, 2.45) is 0 Å². The first-order chi connectivity index (χ1) is 16.4. The Kier molecular flexibility index (Phi) is 6.20. The Bertz CT molecular complexity index is 1350. The van der Waals surface area contributed by atoms with Crippen LogP contribution in [0.4, 0.5) is 0 Å². The number of sulfonamides is 1. The van der Waals surface area contributed by atoms with Gasteiger partial charge in [0.05, 0.1) is 12.7 Å². The second-order valence-corrected chi connectivity index (χ2v) is 11.9. The predicted octanol–water partition coefficient (Wildman–Crippen LogP) is 3.55. The van der Waals surface area contributed by atoms with Crippen molar-refractivity contribution >= 4 is 27.3 Å². The summed E-state index contributed by atoms with van der Waals surface area (Å²) in [7, 11) is -2.58. The third-order valence-corrected chi connectivity index (χ3v) is 10.0. The summed E-state index contributed by atoms with van der Waals surface area (Å²) in [4.78, 5) is 15.8. The highest BCUT2D eigenvalue weighted by atomic mass is 32.2. The van der Waals surface area contributed by atoms with Crippen LogP contribution in [0.15, 0.2) is 52.7 Å². The van der Waals surface area contributed by atoms with Gasteiger partial charge in [0.25, 0.3) is 10.0 Å². The molecule has 0 radical (unpaired) electrons. The number of hydrogen-bond acceptors (Lipinski definition) is 7. The normalized spacial score (nSPS) is 16.6. The Morgan fingerprint density at radius 3 is 2.62 bits per heavy atom. The molecule has 2 aliphatic rings. The molecule has 3 heterocycles. The largest absolute Gasteiger partial charge is 0.508 e. The highest BCUT2D eigenvalue weighted by Crippen LogP contribution is 2.39. The number of carbonyl (C=O) groups excluding carboxylic acids is 1. The Hall–Kier alpha value is -2.72. The number of methoxy groups -OCH3 is 1. The molecule has 0 atom stereocenters. The first kappa shape index (κ1) is 23.0. The highest BCUT2D eigenvalue weighted by molar-refractivity contribution is 7.91. The first-order valence-corrected chi connectivity index (χ1v) is 13.4. The number of thiophene rings is 1. The van der Waals surface area contributed by atoms with Gasteiger partial charge in [0.15, 0.2) is 0 Å². The molecule has 0 amide bonds. The molecule has 0 saturated carbocycles. The zero-order valence-electron chi connectivity index (χ0n) is 18.9. The predicted molar refractivity (Wildman–Crippen MR) is 129 cm³/mol. The van der Waals surface area contributed by atoms with Crippen molar-refractivity contribution in [3.63, 3.8) is 0 Å².